The molecule has 2 aromatic rings. The smallest absolute Gasteiger partial charge is 0.338 e. The first kappa shape index (κ1) is 17.6. The van der Waals surface area contributed by atoms with Crippen molar-refractivity contribution < 1.29 is 24.2 Å². The summed E-state index contributed by atoms with van der Waals surface area (Å²) in [6.07, 6.45) is 1.28. The van der Waals surface area contributed by atoms with Crippen LogP contribution in [-0.2, 0) is 4.74 Å². The normalized spacial score (nSPS) is 10.6. The van der Waals surface area contributed by atoms with Gasteiger partial charge in [-0.1, -0.05) is 16.8 Å². The van der Waals surface area contributed by atoms with Gasteiger partial charge < -0.3 is 19.4 Å². The first-order chi connectivity index (χ1) is 11.6. The second-order valence-corrected chi connectivity index (χ2v) is 5.08. The summed E-state index contributed by atoms with van der Waals surface area (Å²) in [5.74, 6) is 0.531. The van der Waals surface area contributed by atoms with Gasteiger partial charge in [-0.15, -0.1) is 0 Å². The van der Waals surface area contributed by atoms with Crippen molar-refractivity contribution in [1.82, 2.24) is 0 Å². The van der Waals surface area contributed by atoms with Gasteiger partial charge in [0.25, 0.3) is 0 Å². The minimum Gasteiger partial charge on any atom is -0.493 e. The van der Waals surface area contributed by atoms with Gasteiger partial charge in [-0.25, -0.2) is 4.79 Å². The molecular weight excluding hydrogens is 334 g/mol. The molecule has 0 aliphatic carbocycles. The van der Waals surface area contributed by atoms with Crippen molar-refractivity contribution in [2.24, 2.45) is 5.16 Å². The number of hydrogen-bond donors (Lipinski definition) is 1. The zero-order valence-corrected chi connectivity index (χ0v) is 13.7. The maximum absolute atomic E-state index is 11.8. The molecule has 0 amide bonds. The molecule has 2 aromatic carbocycles. The summed E-state index contributed by atoms with van der Waals surface area (Å²) >= 11 is 5.76. The van der Waals surface area contributed by atoms with Crippen LogP contribution in [0.15, 0.2) is 47.6 Å². The Morgan fingerprint density at radius 3 is 2.58 bits per heavy atom. The Hall–Kier alpha value is -2.73. The number of nitrogens with zero attached hydrogens (tertiary/aromatic N) is 1. The van der Waals surface area contributed by atoms with Crippen molar-refractivity contribution in [1.29, 1.82) is 0 Å². The van der Waals surface area contributed by atoms with E-state index in [0.717, 1.165) is 0 Å². The minimum absolute atomic E-state index is 0.0878. The Kier molecular flexibility index (Phi) is 6.45. The molecule has 2 rings (SSSR count). The Morgan fingerprint density at radius 2 is 1.92 bits per heavy atom. The summed E-state index contributed by atoms with van der Waals surface area (Å²) in [5.41, 5.74) is 1.08. The van der Waals surface area contributed by atoms with Crippen LogP contribution in [0.1, 0.15) is 15.9 Å². The quantitative estimate of drug-likeness (QED) is 0.272. The second-order valence-electron chi connectivity index (χ2n) is 4.65. The van der Waals surface area contributed by atoms with Gasteiger partial charge in [0, 0.05) is 10.6 Å². The maximum Gasteiger partial charge on any atom is 0.338 e. The third-order valence-electron chi connectivity index (χ3n) is 3.05. The van der Waals surface area contributed by atoms with E-state index in [-0.39, 0.29) is 13.2 Å². The number of carbonyl (C=O) groups excluding carboxylic acids is 1. The van der Waals surface area contributed by atoms with E-state index in [4.69, 9.17) is 31.0 Å². The summed E-state index contributed by atoms with van der Waals surface area (Å²) in [5, 5.41) is 12.0. The first-order valence-corrected chi connectivity index (χ1v) is 7.43. The lowest BCUT2D eigenvalue weighted by atomic mass is 10.2. The molecule has 1 N–H and O–H groups in total. The highest BCUT2D eigenvalue weighted by atomic mass is 35.5. The Morgan fingerprint density at radius 1 is 1.17 bits per heavy atom. The summed E-state index contributed by atoms with van der Waals surface area (Å²) < 4.78 is 15.9. The molecule has 0 bridgehead atoms. The van der Waals surface area contributed by atoms with Crippen molar-refractivity contribution in [2.75, 3.05) is 20.3 Å². The predicted octanol–water partition coefficient (Wildman–Crippen LogP) is 3.39. The fourth-order valence-electron chi connectivity index (χ4n) is 1.91. The molecule has 0 saturated heterocycles. The highest BCUT2D eigenvalue weighted by molar-refractivity contribution is 6.30. The van der Waals surface area contributed by atoms with Gasteiger partial charge in [-0.05, 0) is 42.5 Å². The van der Waals surface area contributed by atoms with Gasteiger partial charge >= 0.3 is 5.97 Å². The molecule has 0 spiro atoms. The van der Waals surface area contributed by atoms with E-state index in [9.17, 15) is 4.79 Å². The van der Waals surface area contributed by atoms with Crippen LogP contribution in [0.2, 0.25) is 5.02 Å². The molecule has 6 nitrogen and oxygen atoms in total. The number of esters is 1. The Labute approximate surface area is 144 Å². The average molecular weight is 350 g/mol. The van der Waals surface area contributed by atoms with Crippen LogP contribution < -0.4 is 9.47 Å². The molecule has 7 heteroatoms. The number of rotatable bonds is 7. The lowest BCUT2D eigenvalue weighted by molar-refractivity contribution is 0.0449. The SMILES string of the molecule is COc1cc(/C=N/O)ccc1OCCOC(=O)c1ccc(Cl)cc1. The van der Waals surface area contributed by atoms with E-state index >= 15 is 0 Å². The summed E-state index contributed by atoms with van der Waals surface area (Å²) in [6, 6.07) is 11.5. The third kappa shape index (κ3) is 4.89. The molecule has 24 heavy (non-hydrogen) atoms. The molecule has 0 aromatic heterocycles. The van der Waals surface area contributed by atoms with Crippen LogP contribution in [0.3, 0.4) is 0 Å². The summed E-state index contributed by atoms with van der Waals surface area (Å²) in [4.78, 5) is 11.8. The number of ether oxygens (including phenoxy) is 3. The van der Waals surface area contributed by atoms with E-state index in [1.54, 1.807) is 42.5 Å². The lowest BCUT2D eigenvalue weighted by Crippen LogP contribution is -2.12. The standard InChI is InChI=1S/C17H16ClNO5/c1-22-16-10-12(11-19-21)2-7-15(16)23-8-9-24-17(20)13-3-5-14(18)6-4-13/h2-7,10-11,21H,8-9H2,1H3/b19-11+. The minimum atomic E-state index is -0.447. The second kappa shape index (κ2) is 8.79. The van der Waals surface area contributed by atoms with Crippen molar-refractivity contribution in [3.8, 4) is 11.5 Å². The van der Waals surface area contributed by atoms with Gasteiger partial charge in [0.05, 0.1) is 18.9 Å². The molecule has 0 unspecified atom stereocenters. The van der Waals surface area contributed by atoms with E-state index in [1.807, 2.05) is 0 Å². The average Bonchev–Trinajstić information content (AvgIpc) is 2.60. The van der Waals surface area contributed by atoms with Gasteiger partial charge in [0.2, 0.25) is 0 Å². The molecule has 0 aliphatic heterocycles. The number of oxime groups is 1. The summed E-state index contributed by atoms with van der Waals surface area (Å²) in [6.45, 7) is 0.258. The highest BCUT2D eigenvalue weighted by Gasteiger charge is 2.08. The van der Waals surface area contributed by atoms with Crippen molar-refractivity contribution in [2.45, 2.75) is 0 Å². The Bertz CT molecular complexity index is 715. The van der Waals surface area contributed by atoms with Crippen LogP contribution in [0.25, 0.3) is 0 Å². The van der Waals surface area contributed by atoms with Crippen LogP contribution in [0.4, 0.5) is 0 Å². The monoisotopic (exact) mass is 349 g/mol. The third-order valence-corrected chi connectivity index (χ3v) is 3.30. The molecule has 0 atom stereocenters. The van der Waals surface area contributed by atoms with E-state index in [0.29, 0.717) is 27.6 Å². The van der Waals surface area contributed by atoms with E-state index in [1.165, 1.54) is 13.3 Å². The fourth-order valence-corrected chi connectivity index (χ4v) is 2.03. The van der Waals surface area contributed by atoms with Crippen LogP contribution in [0, 0.1) is 0 Å². The number of halogens is 1. The molecular formula is C17H16ClNO5. The molecule has 0 fully saturated rings. The van der Waals surface area contributed by atoms with Gasteiger partial charge in [-0.2, -0.15) is 0 Å². The lowest BCUT2D eigenvalue weighted by Gasteiger charge is -2.11. The Balaban J connectivity index is 1.85. The number of benzene rings is 2. The first-order valence-electron chi connectivity index (χ1n) is 7.05. The molecule has 0 saturated carbocycles. The fraction of sp³-hybridized carbons (Fsp3) is 0.176. The highest BCUT2D eigenvalue weighted by Crippen LogP contribution is 2.27. The van der Waals surface area contributed by atoms with E-state index in [2.05, 4.69) is 5.16 Å². The largest absolute Gasteiger partial charge is 0.493 e. The maximum atomic E-state index is 11.8. The predicted molar refractivity (Wildman–Crippen MR) is 89.6 cm³/mol. The van der Waals surface area contributed by atoms with Gasteiger partial charge in [0.15, 0.2) is 11.5 Å². The summed E-state index contributed by atoms with van der Waals surface area (Å²) in [7, 11) is 1.50. The topological polar surface area (TPSA) is 77.3 Å². The zero-order valence-electron chi connectivity index (χ0n) is 12.9. The number of hydrogen-bond acceptors (Lipinski definition) is 6. The van der Waals surface area contributed by atoms with Crippen molar-refractivity contribution >= 4 is 23.8 Å². The van der Waals surface area contributed by atoms with Crippen molar-refractivity contribution in [3.63, 3.8) is 0 Å². The van der Waals surface area contributed by atoms with Crippen LogP contribution in [-0.4, -0.2) is 37.7 Å². The van der Waals surface area contributed by atoms with Gasteiger partial charge in [0.1, 0.15) is 13.2 Å². The number of methoxy groups -OCH3 is 1. The molecule has 126 valence electrons. The molecule has 0 aliphatic rings. The number of carbonyl (C=O) groups is 1. The zero-order chi connectivity index (χ0) is 17.4. The molecule has 0 radical (unpaired) electrons. The van der Waals surface area contributed by atoms with Crippen LogP contribution >= 0.6 is 11.6 Å². The van der Waals surface area contributed by atoms with Crippen molar-refractivity contribution in [3.05, 3.63) is 58.6 Å². The molecule has 0 heterocycles. The van der Waals surface area contributed by atoms with Gasteiger partial charge in [-0.3, -0.25) is 0 Å². The van der Waals surface area contributed by atoms with E-state index < -0.39 is 5.97 Å². The van der Waals surface area contributed by atoms with Crippen LogP contribution in [0.5, 0.6) is 11.5 Å².